The van der Waals surface area contributed by atoms with Gasteiger partial charge in [-0.2, -0.15) is 0 Å². The number of piperazine rings is 1. The molecule has 3 rings (SSSR count). The quantitative estimate of drug-likeness (QED) is 0.671. The summed E-state index contributed by atoms with van der Waals surface area (Å²) in [5.41, 5.74) is 1.06. The lowest BCUT2D eigenvalue weighted by Crippen LogP contribution is -2.45. The number of hydrogen-bond donors (Lipinski definition) is 2. The second kappa shape index (κ2) is 9.09. The molecule has 0 radical (unpaired) electrons. The van der Waals surface area contributed by atoms with E-state index in [1.54, 1.807) is 0 Å². The summed E-state index contributed by atoms with van der Waals surface area (Å²) in [7, 11) is 0. The van der Waals surface area contributed by atoms with Crippen molar-refractivity contribution in [1.29, 1.82) is 0 Å². The Hall–Kier alpha value is 0.480. The zero-order chi connectivity index (χ0) is 14.1. The first-order chi connectivity index (χ1) is 9.65. The molecule has 1 heterocycles. The molecule has 1 aromatic rings. The van der Waals surface area contributed by atoms with Crippen molar-refractivity contribution in [3.8, 4) is 5.75 Å². The smallest absolute Gasteiger partial charge is 0.122 e. The van der Waals surface area contributed by atoms with Crippen LogP contribution in [0.15, 0.2) is 21.1 Å². The number of hydrogen-bond acceptors (Lipinski definition) is 3. The highest BCUT2D eigenvalue weighted by Gasteiger charge is 2.32. The van der Waals surface area contributed by atoms with Crippen LogP contribution in [0.25, 0.3) is 0 Å². The van der Waals surface area contributed by atoms with Crippen molar-refractivity contribution < 1.29 is 5.11 Å². The zero-order valence-electron chi connectivity index (χ0n) is 12.2. The number of nitrogens with zero attached hydrogens (tertiary/aromatic N) is 1. The molecular formula is C15H22Br2Cl2N2O. The van der Waals surface area contributed by atoms with Gasteiger partial charge in [-0.05, 0) is 24.5 Å². The van der Waals surface area contributed by atoms with E-state index in [0.717, 1.165) is 53.0 Å². The minimum atomic E-state index is 0. The summed E-state index contributed by atoms with van der Waals surface area (Å²) < 4.78 is 1.92. The van der Waals surface area contributed by atoms with E-state index in [1.165, 1.54) is 12.8 Å². The number of halogens is 4. The van der Waals surface area contributed by atoms with Crippen LogP contribution in [0.4, 0.5) is 0 Å². The molecular weight excluding hydrogens is 455 g/mol. The van der Waals surface area contributed by atoms with E-state index in [4.69, 9.17) is 0 Å². The van der Waals surface area contributed by atoms with Crippen LogP contribution in [0, 0.1) is 5.92 Å². The van der Waals surface area contributed by atoms with Crippen molar-refractivity contribution in [1.82, 2.24) is 10.2 Å². The maximum atomic E-state index is 10.4. The molecule has 1 saturated heterocycles. The second-order valence-corrected chi connectivity index (χ2v) is 7.57. The van der Waals surface area contributed by atoms with Crippen molar-refractivity contribution in [2.24, 2.45) is 5.92 Å². The minimum absolute atomic E-state index is 0. The van der Waals surface area contributed by atoms with Gasteiger partial charge >= 0.3 is 0 Å². The fraction of sp³-hybridized carbons (Fsp3) is 0.600. The molecule has 2 fully saturated rings. The first kappa shape index (κ1) is 20.5. The van der Waals surface area contributed by atoms with Gasteiger partial charge in [0.25, 0.3) is 0 Å². The molecule has 1 aliphatic carbocycles. The van der Waals surface area contributed by atoms with E-state index in [0.29, 0.717) is 11.8 Å². The predicted octanol–water partition coefficient (Wildman–Crippen LogP) is 4.51. The molecule has 3 nitrogen and oxygen atoms in total. The lowest BCUT2D eigenvalue weighted by Gasteiger charge is -2.36. The van der Waals surface area contributed by atoms with Crippen molar-refractivity contribution in [2.45, 2.75) is 25.3 Å². The number of benzene rings is 1. The number of rotatable bonds is 4. The molecule has 1 saturated carbocycles. The van der Waals surface area contributed by atoms with Crippen molar-refractivity contribution in [2.75, 3.05) is 26.2 Å². The fourth-order valence-electron chi connectivity index (χ4n) is 3.01. The van der Waals surface area contributed by atoms with Crippen LogP contribution >= 0.6 is 56.7 Å². The average molecular weight is 477 g/mol. The first-order valence-electron chi connectivity index (χ1n) is 7.28. The summed E-state index contributed by atoms with van der Waals surface area (Å²) >= 11 is 7.09. The van der Waals surface area contributed by atoms with Crippen LogP contribution < -0.4 is 5.32 Å². The summed E-state index contributed by atoms with van der Waals surface area (Å²) in [4.78, 5) is 2.52. The van der Waals surface area contributed by atoms with Crippen LogP contribution in [0.5, 0.6) is 5.75 Å². The molecule has 0 aromatic heterocycles. The van der Waals surface area contributed by atoms with E-state index < -0.39 is 0 Å². The molecule has 2 N–H and O–H groups in total. The molecule has 1 aliphatic heterocycles. The monoisotopic (exact) mass is 474 g/mol. The van der Waals surface area contributed by atoms with Gasteiger partial charge in [0, 0.05) is 46.7 Å². The summed E-state index contributed by atoms with van der Waals surface area (Å²) in [6, 6.07) is 4.17. The van der Waals surface area contributed by atoms with Gasteiger partial charge in [-0.3, -0.25) is 4.90 Å². The van der Waals surface area contributed by atoms with E-state index in [2.05, 4.69) is 42.1 Å². The van der Waals surface area contributed by atoms with Crippen LogP contribution in [0.2, 0.25) is 0 Å². The van der Waals surface area contributed by atoms with E-state index in [9.17, 15) is 5.11 Å². The van der Waals surface area contributed by atoms with Crippen LogP contribution in [-0.2, 0) is 0 Å². The Labute approximate surface area is 161 Å². The third-order valence-electron chi connectivity index (χ3n) is 4.25. The third-order valence-corrected chi connectivity index (χ3v) is 5.37. The molecule has 0 bridgehead atoms. The summed E-state index contributed by atoms with van der Waals surface area (Å²) in [6.45, 7) is 4.19. The first-order valence-corrected chi connectivity index (χ1v) is 8.86. The normalized spacial score (nSPS) is 19.9. The van der Waals surface area contributed by atoms with Gasteiger partial charge < -0.3 is 10.4 Å². The molecule has 0 spiro atoms. The van der Waals surface area contributed by atoms with Gasteiger partial charge in [0.1, 0.15) is 5.75 Å². The van der Waals surface area contributed by atoms with Gasteiger partial charge in [-0.15, -0.1) is 24.8 Å². The highest BCUT2D eigenvalue weighted by Crippen LogP contribution is 2.45. The van der Waals surface area contributed by atoms with Crippen LogP contribution in [0.1, 0.15) is 30.9 Å². The molecule has 1 aromatic carbocycles. The Morgan fingerprint density at radius 3 is 2.36 bits per heavy atom. The molecule has 2 aliphatic rings. The van der Waals surface area contributed by atoms with Gasteiger partial charge in [0.15, 0.2) is 0 Å². The zero-order valence-corrected chi connectivity index (χ0v) is 17.0. The maximum Gasteiger partial charge on any atom is 0.122 e. The van der Waals surface area contributed by atoms with Gasteiger partial charge in [-0.1, -0.05) is 44.7 Å². The highest BCUT2D eigenvalue weighted by molar-refractivity contribution is 9.11. The van der Waals surface area contributed by atoms with Gasteiger partial charge in [-0.25, -0.2) is 0 Å². The Morgan fingerprint density at radius 2 is 1.82 bits per heavy atom. The molecule has 22 heavy (non-hydrogen) atoms. The molecule has 1 atom stereocenters. The molecule has 0 amide bonds. The van der Waals surface area contributed by atoms with E-state index in [-0.39, 0.29) is 24.8 Å². The Bertz CT molecular complexity index is 471. The van der Waals surface area contributed by atoms with E-state index in [1.807, 2.05) is 12.1 Å². The van der Waals surface area contributed by atoms with Crippen LogP contribution in [0.3, 0.4) is 0 Å². The number of phenols is 1. The molecule has 126 valence electrons. The van der Waals surface area contributed by atoms with Gasteiger partial charge in [0.2, 0.25) is 0 Å². The van der Waals surface area contributed by atoms with Crippen molar-refractivity contribution in [3.63, 3.8) is 0 Å². The average Bonchev–Trinajstić information content (AvgIpc) is 3.21. The third kappa shape index (κ3) is 4.99. The molecule has 7 heteroatoms. The largest absolute Gasteiger partial charge is 0.508 e. The van der Waals surface area contributed by atoms with Gasteiger partial charge in [0.05, 0.1) is 0 Å². The Balaban J connectivity index is 0.00000121. The number of aromatic hydroxyl groups is 1. The standard InChI is InChI=1S/C15H20Br2N2O.2ClH/c16-11-8-12(17)15(14(20)9-11)13(7-10-1-2-10)19-5-3-18-4-6-19;;/h8-10,13,18,20H,1-7H2;2*1H/t13-;;/m1../s1. The second-order valence-electron chi connectivity index (χ2n) is 5.80. The maximum absolute atomic E-state index is 10.4. The number of phenolic OH excluding ortho intramolecular Hbond substituents is 1. The lowest BCUT2D eigenvalue weighted by molar-refractivity contribution is 0.157. The fourth-order valence-corrected chi connectivity index (χ4v) is 4.48. The SMILES string of the molecule is Cl.Cl.Oc1cc(Br)cc(Br)c1[C@@H](CC1CC1)N1CCNCC1. The van der Waals surface area contributed by atoms with Crippen molar-refractivity contribution >= 4 is 56.7 Å². The Kier molecular flexibility index (Phi) is 8.48. The Morgan fingerprint density at radius 1 is 1.18 bits per heavy atom. The van der Waals surface area contributed by atoms with Crippen molar-refractivity contribution in [3.05, 3.63) is 26.6 Å². The topological polar surface area (TPSA) is 35.5 Å². The molecule has 0 unspecified atom stereocenters. The van der Waals surface area contributed by atoms with E-state index >= 15 is 0 Å². The highest BCUT2D eigenvalue weighted by atomic mass is 79.9. The number of nitrogens with one attached hydrogen (secondary N) is 1. The summed E-state index contributed by atoms with van der Waals surface area (Å²) in [5, 5.41) is 13.8. The van der Waals surface area contributed by atoms with Crippen LogP contribution in [-0.4, -0.2) is 36.2 Å². The lowest BCUT2D eigenvalue weighted by atomic mass is 9.97. The summed E-state index contributed by atoms with van der Waals surface area (Å²) in [5.74, 6) is 1.24. The minimum Gasteiger partial charge on any atom is -0.508 e. The summed E-state index contributed by atoms with van der Waals surface area (Å²) in [6.07, 6.45) is 3.85. The predicted molar refractivity (Wildman–Crippen MR) is 103 cm³/mol.